The predicted octanol–water partition coefficient (Wildman–Crippen LogP) is 5.09. The van der Waals surface area contributed by atoms with Gasteiger partial charge in [-0.05, 0) is 103 Å². The van der Waals surface area contributed by atoms with Gasteiger partial charge in [-0.15, -0.1) is 10.2 Å². The molecule has 4 saturated carbocycles. The third-order valence-corrected chi connectivity index (χ3v) is 10.5. The van der Waals surface area contributed by atoms with Crippen LogP contribution in [0.15, 0.2) is 0 Å². The predicted molar refractivity (Wildman–Crippen MR) is 116 cm³/mol. The first kappa shape index (κ1) is 20.6. The summed E-state index contributed by atoms with van der Waals surface area (Å²) in [6, 6.07) is 0. The first-order valence-electron chi connectivity index (χ1n) is 12.5. The Labute approximate surface area is 181 Å². The van der Waals surface area contributed by atoms with Crippen molar-refractivity contribution in [2.75, 3.05) is 0 Å². The maximum Gasteiger partial charge on any atom is 0.171 e. The minimum Gasteiger partial charge on any atom is -0.297 e. The number of carbonyl (C=O) groups is 1. The molecule has 5 rings (SSSR count). The lowest BCUT2D eigenvalue weighted by molar-refractivity contribution is -0.148. The Hall–Kier alpha value is -1.26. The van der Waals surface area contributed by atoms with Gasteiger partial charge in [0.1, 0.15) is 6.54 Å². The van der Waals surface area contributed by atoms with Crippen LogP contribution in [0.2, 0.25) is 0 Å². The molecule has 5 nitrogen and oxygen atoms in total. The zero-order valence-electron chi connectivity index (χ0n) is 19.6. The average Bonchev–Trinajstić information content (AvgIpc) is 3.25. The molecule has 0 saturated heterocycles. The number of rotatable bonds is 3. The van der Waals surface area contributed by atoms with Gasteiger partial charge in [0.15, 0.2) is 11.6 Å². The zero-order chi connectivity index (χ0) is 21.3. The minimum absolute atomic E-state index is 0.160. The second kappa shape index (κ2) is 7.13. The molecule has 0 aliphatic heterocycles. The molecule has 9 atom stereocenters. The first-order chi connectivity index (χ1) is 14.2. The molecule has 0 aromatic carbocycles. The van der Waals surface area contributed by atoms with Crippen molar-refractivity contribution in [3.05, 3.63) is 5.82 Å². The highest BCUT2D eigenvalue weighted by Crippen LogP contribution is 2.69. The third-order valence-electron chi connectivity index (χ3n) is 10.5. The van der Waals surface area contributed by atoms with Crippen molar-refractivity contribution in [2.24, 2.45) is 52.3 Å². The molecule has 4 aliphatic rings. The van der Waals surface area contributed by atoms with Gasteiger partial charge in [0.2, 0.25) is 0 Å². The Morgan fingerprint density at radius 1 is 1.03 bits per heavy atom. The molecule has 1 heterocycles. The van der Waals surface area contributed by atoms with E-state index in [1.54, 1.807) is 0 Å². The fourth-order valence-electron chi connectivity index (χ4n) is 9.02. The Morgan fingerprint density at radius 2 is 1.77 bits per heavy atom. The number of fused-ring (bicyclic) bond motifs is 5. The van der Waals surface area contributed by atoms with Crippen molar-refractivity contribution in [1.29, 1.82) is 0 Å². The molecule has 4 fully saturated rings. The summed E-state index contributed by atoms with van der Waals surface area (Å²) < 4.78 is 0. The summed E-state index contributed by atoms with van der Waals surface area (Å²) in [5.74, 6) is 6.14. The fraction of sp³-hybridized carbons (Fsp3) is 0.920. The van der Waals surface area contributed by atoms with Gasteiger partial charge in [-0.2, -0.15) is 4.80 Å². The Balaban J connectivity index is 1.38. The minimum atomic E-state index is 0.160. The van der Waals surface area contributed by atoms with Gasteiger partial charge in [0, 0.05) is 5.92 Å². The van der Waals surface area contributed by atoms with E-state index in [-0.39, 0.29) is 17.9 Å². The third kappa shape index (κ3) is 3.01. The number of hydrogen-bond acceptors (Lipinski definition) is 4. The van der Waals surface area contributed by atoms with Gasteiger partial charge in [0.25, 0.3) is 0 Å². The van der Waals surface area contributed by atoms with Crippen LogP contribution in [-0.2, 0) is 11.3 Å². The molecular weight excluding hydrogens is 372 g/mol. The van der Waals surface area contributed by atoms with Gasteiger partial charge in [-0.25, -0.2) is 0 Å². The summed E-state index contributed by atoms with van der Waals surface area (Å²) in [4.78, 5) is 14.8. The van der Waals surface area contributed by atoms with Crippen molar-refractivity contribution < 1.29 is 4.79 Å². The van der Waals surface area contributed by atoms with Crippen LogP contribution in [0.25, 0.3) is 0 Å². The molecular formula is C25H40N4O. The zero-order valence-corrected chi connectivity index (χ0v) is 19.6. The van der Waals surface area contributed by atoms with E-state index in [4.69, 9.17) is 0 Å². The van der Waals surface area contributed by atoms with Gasteiger partial charge >= 0.3 is 0 Å². The summed E-state index contributed by atoms with van der Waals surface area (Å²) in [6.45, 7) is 12.2. The van der Waals surface area contributed by atoms with Crippen LogP contribution in [0, 0.1) is 59.2 Å². The first-order valence-corrected chi connectivity index (χ1v) is 12.5. The summed E-state index contributed by atoms with van der Waals surface area (Å²) in [7, 11) is 0. The summed E-state index contributed by atoms with van der Waals surface area (Å²) >= 11 is 0. The topological polar surface area (TPSA) is 60.7 Å². The normalized spacial score (nSPS) is 48.0. The largest absolute Gasteiger partial charge is 0.297 e. The second-order valence-electron chi connectivity index (χ2n) is 12.1. The number of carbonyl (C=O) groups excluding carboxylic acids is 1. The number of Topliss-reactive ketones (excluding diaryl/α,β-unsaturated/α-hetero) is 1. The van der Waals surface area contributed by atoms with Crippen molar-refractivity contribution in [2.45, 2.75) is 92.5 Å². The fourth-order valence-corrected chi connectivity index (χ4v) is 9.02. The van der Waals surface area contributed by atoms with Crippen molar-refractivity contribution in [3.8, 4) is 0 Å². The van der Waals surface area contributed by atoms with Gasteiger partial charge in [0.05, 0.1) is 0 Å². The maximum absolute atomic E-state index is 13.3. The van der Waals surface area contributed by atoms with Crippen LogP contribution < -0.4 is 0 Å². The van der Waals surface area contributed by atoms with E-state index >= 15 is 0 Å². The Bertz CT molecular complexity index is 820. The van der Waals surface area contributed by atoms with Crippen LogP contribution in [0.1, 0.15) is 84.9 Å². The quantitative estimate of drug-likeness (QED) is 0.693. The average molecular weight is 413 g/mol. The highest BCUT2D eigenvalue weighted by Gasteiger charge is 2.62. The molecule has 4 aliphatic carbocycles. The smallest absolute Gasteiger partial charge is 0.171 e. The number of hydrogen-bond donors (Lipinski definition) is 0. The number of aryl methyl sites for hydroxylation is 1. The molecule has 1 aromatic rings. The van der Waals surface area contributed by atoms with Crippen molar-refractivity contribution in [1.82, 2.24) is 20.2 Å². The molecule has 9 unspecified atom stereocenters. The van der Waals surface area contributed by atoms with Crippen LogP contribution in [0.3, 0.4) is 0 Å². The van der Waals surface area contributed by atoms with Crippen LogP contribution in [-0.4, -0.2) is 26.0 Å². The van der Waals surface area contributed by atoms with Gasteiger partial charge in [-0.3, -0.25) is 4.79 Å². The van der Waals surface area contributed by atoms with Crippen LogP contribution >= 0.6 is 0 Å². The summed E-state index contributed by atoms with van der Waals surface area (Å²) in [5.41, 5.74) is 0.697. The number of ketones is 1. The molecule has 0 spiro atoms. The lowest BCUT2D eigenvalue weighted by Crippen LogP contribution is -2.56. The van der Waals surface area contributed by atoms with Crippen molar-refractivity contribution in [3.63, 3.8) is 0 Å². The Morgan fingerprint density at radius 3 is 2.50 bits per heavy atom. The lowest BCUT2D eigenvalue weighted by Gasteiger charge is -2.63. The monoisotopic (exact) mass is 412 g/mol. The SMILES string of the molecule is Cc1nnn(CC(=O)C2CCC3C4C(C)CC5CC(C)CCC5(C)C4CCC23C)n1. The Kier molecular flexibility index (Phi) is 4.90. The van der Waals surface area contributed by atoms with E-state index in [1.165, 1.54) is 49.7 Å². The number of tetrazole rings is 1. The van der Waals surface area contributed by atoms with E-state index in [9.17, 15) is 4.79 Å². The summed E-state index contributed by atoms with van der Waals surface area (Å²) in [6.07, 6.45) is 10.5. The molecule has 0 radical (unpaired) electrons. The highest BCUT2D eigenvalue weighted by atomic mass is 16.1. The van der Waals surface area contributed by atoms with Crippen molar-refractivity contribution >= 4 is 5.78 Å². The van der Waals surface area contributed by atoms with E-state index in [0.717, 1.165) is 36.0 Å². The molecule has 5 heteroatoms. The molecule has 1 aromatic heterocycles. The standard InChI is InChI=1S/C25H40N4O/c1-15-8-10-24(4)18(12-15)13-16(2)23-20-7-6-19(25(20,5)11-9-21(23)24)22(30)14-29-27-17(3)26-28-29/h15-16,18-21,23H,6-14H2,1-5H3. The van der Waals surface area contributed by atoms with Gasteiger partial charge in [-0.1, -0.05) is 34.1 Å². The molecule has 166 valence electrons. The van der Waals surface area contributed by atoms with Gasteiger partial charge < -0.3 is 0 Å². The van der Waals surface area contributed by atoms with E-state index in [0.29, 0.717) is 22.9 Å². The maximum atomic E-state index is 13.3. The van der Waals surface area contributed by atoms with E-state index in [1.807, 2.05) is 6.92 Å². The molecule has 30 heavy (non-hydrogen) atoms. The van der Waals surface area contributed by atoms with Crippen LogP contribution in [0.4, 0.5) is 0 Å². The summed E-state index contributed by atoms with van der Waals surface area (Å²) in [5, 5.41) is 12.2. The number of aromatic nitrogens is 4. The number of nitrogens with zero attached hydrogens (tertiary/aromatic N) is 4. The molecule has 0 N–H and O–H groups in total. The van der Waals surface area contributed by atoms with E-state index < -0.39 is 0 Å². The molecule has 0 bridgehead atoms. The van der Waals surface area contributed by atoms with Crippen LogP contribution in [0.5, 0.6) is 0 Å². The molecule has 0 amide bonds. The second-order valence-corrected chi connectivity index (χ2v) is 12.1. The van der Waals surface area contributed by atoms with E-state index in [2.05, 4.69) is 43.1 Å². The lowest BCUT2D eigenvalue weighted by atomic mass is 9.42. The highest BCUT2D eigenvalue weighted by molar-refractivity contribution is 5.82.